The van der Waals surface area contributed by atoms with Crippen molar-refractivity contribution in [3.05, 3.63) is 23.8 Å². The summed E-state index contributed by atoms with van der Waals surface area (Å²) in [5.74, 6) is 0.665. The van der Waals surface area contributed by atoms with Crippen LogP contribution in [0.4, 0.5) is 5.69 Å². The number of nitrogens with one attached hydrogen (secondary N) is 1. The molecule has 8 heteroatoms. The molecule has 170 valence electrons. The van der Waals surface area contributed by atoms with E-state index >= 15 is 0 Å². The molecule has 2 fully saturated rings. The molecule has 1 N–H and O–H groups in total. The Morgan fingerprint density at radius 3 is 2.84 bits per heavy atom. The van der Waals surface area contributed by atoms with Gasteiger partial charge < -0.3 is 29.3 Å². The highest BCUT2D eigenvalue weighted by Gasteiger charge is 2.41. The smallest absolute Gasteiger partial charge is 0.270 e. The molecule has 1 aromatic rings. The summed E-state index contributed by atoms with van der Waals surface area (Å²) >= 11 is 0. The van der Waals surface area contributed by atoms with Crippen molar-refractivity contribution < 1.29 is 23.8 Å². The van der Waals surface area contributed by atoms with E-state index in [-0.39, 0.29) is 17.9 Å². The van der Waals surface area contributed by atoms with Crippen LogP contribution < -0.4 is 15.0 Å². The minimum Gasteiger partial charge on any atom is -0.476 e. The SMILES string of the molecule is COCCCN1C(=O)C(C)(C)Oc2ccc(CN(C(=O)[C@H]3CNCCO3)C3CC3)cc21. The first kappa shape index (κ1) is 22.0. The summed E-state index contributed by atoms with van der Waals surface area (Å²) in [5, 5.41) is 3.23. The molecule has 1 aliphatic carbocycles. The summed E-state index contributed by atoms with van der Waals surface area (Å²) in [5.41, 5.74) is 0.829. The highest BCUT2D eigenvalue weighted by molar-refractivity contribution is 6.02. The number of morpholine rings is 1. The second kappa shape index (κ2) is 9.14. The number of amides is 2. The van der Waals surface area contributed by atoms with Crippen LogP contribution in [-0.2, 0) is 25.6 Å². The van der Waals surface area contributed by atoms with E-state index < -0.39 is 11.7 Å². The maximum Gasteiger partial charge on any atom is 0.270 e. The number of fused-ring (bicyclic) bond motifs is 1. The van der Waals surface area contributed by atoms with Crippen LogP contribution in [0.25, 0.3) is 0 Å². The van der Waals surface area contributed by atoms with Gasteiger partial charge in [0.25, 0.3) is 11.8 Å². The van der Waals surface area contributed by atoms with Crippen molar-refractivity contribution in [2.45, 2.75) is 57.4 Å². The molecule has 0 spiro atoms. The molecule has 1 saturated heterocycles. The van der Waals surface area contributed by atoms with Crippen molar-refractivity contribution in [2.75, 3.05) is 44.9 Å². The van der Waals surface area contributed by atoms with E-state index in [1.807, 2.05) is 23.1 Å². The zero-order valence-electron chi connectivity index (χ0n) is 18.7. The van der Waals surface area contributed by atoms with Crippen LogP contribution in [0.3, 0.4) is 0 Å². The van der Waals surface area contributed by atoms with E-state index in [2.05, 4.69) is 5.32 Å². The van der Waals surface area contributed by atoms with Gasteiger partial charge in [-0.15, -0.1) is 0 Å². The van der Waals surface area contributed by atoms with E-state index in [4.69, 9.17) is 14.2 Å². The molecule has 0 unspecified atom stereocenters. The Labute approximate surface area is 183 Å². The highest BCUT2D eigenvalue weighted by Crippen LogP contribution is 2.39. The average molecular weight is 432 g/mol. The van der Waals surface area contributed by atoms with Gasteiger partial charge in [0.05, 0.1) is 12.3 Å². The van der Waals surface area contributed by atoms with Gasteiger partial charge in [0.15, 0.2) is 5.60 Å². The van der Waals surface area contributed by atoms with Gasteiger partial charge >= 0.3 is 0 Å². The largest absolute Gasteiger partial charge is 0.476 e. The zero-order valence-corrected chi connectivity index (χ0v) is 18.7. The van der Waals surface area contributed by atoms with Crippen molar-refractivity contribution in [3.63, 3.8) is 0 Å². The van der Waals surface area contributed by atoms with Gasteiger partial charge in [0, 0.05) is 45.9 Å². The van der Waals surface area contributed by atoms with E-state index in [0.717, 1.165) is 37.1 Å². The molecule has 4 rings (SSSR count). The molecule has 8 nitrogen and oxygen atoms in total. The first-order valence-corrected chi connectivity index (χ1v) is 11.2. The van der Waals surface area contributed by atoms with E-state index in [1.54, 1.807) is 25.9 Å². The predicted octanol–water partition coefficient (Wildman–Crippen LogP) is 1.71. The normalized spacial score (nSPS) is 22.6. The Morgan fingerprint density at radius 1 is 1.35 bits per heavy atom. The predicted molar refractivity (Wildman–Crippen MR) is 116 cm³/mol. The number of carbonyl (C=O) groups is 2. The van der Waals surface area contributed by atoms with Crippen molar-refractivity contribution in [2.24, 2.45) is 0 Å². The Bertz CT molecular complexity index is 817. The Morgan fingerprint density at radius 2 is 2.16 bits per heavy atom. The fourth-order valence-corrected chi connectivity index (χ4v) is 4.18. The van der Waals surface area contributed by atoms with Crippen LogP contribution in [0.2, 0.25) is 0 Å². The van der Waals surface area contributed by atoms with E-state index in [0.29, 0.717) is 38.6 Å². The van der Waals surface area contributed by atoms with Gasteiger partial charge in [0.1, 0.15) is 11.9 Å². The molecule has 0 radical (unpaired) electrons. The molecule has 0 aromatic heterocycles. The minimum absolute atomic E-state index is 0.0397. The molecule has 1 saturated carbocycles. The Kier molecular flexibility index (Phi) is 6.50. The summed E-state index contributed by atoms with van der Waals surface area (Å²) in [6.45, 7) is 7.11. The summed E-state index contributed by atoms with van der Waals surface area (Å²) in [6.07, 6.45) is 2.36. The second-order valence-corrected chi connectivity index (χ2v) is 8.98. The molecule has 0 bridgehead atoms. The molecule has 2 heterocycles. The van der Waals surface area contributed by atoms with Crippen LogP contribution in [0.5, 0.6) is 5.75 Å². The maximum absolute atomic E-state index is 13.1. The Balaban J connectivity index is 1.55. The quantitative estimate of drug-likeness (QED) is 0.631. The number of methoxy groups -OCH3 is 1. The average Bonchev–Trinajstić information content (AvgIpc) is 3.60. The highest BCUT2D eigenvalue weighted by atomic mass is 16.5. The van der Waals surface area contributed by atoms with E-state index in [1.165, 1.54) is 0 Å². The number of carbonyl (C=O) groups excluding carboxylic acids is 2. The molecule has 2 aliphatic heterocycles. The lowest BCUT2D eigenvalue weighted by molar-refractivity contribution is -0.146. The molecule has 1 aromatic carbocycles. The summed E-state index contributed by atoms with van der Waals surface area (Å²) < 4.78 is 16.9. The standard InChI is InChI=1S/C23H33N3O5/c1-23(2)22(28)25(10-4-11-29-3)18-13-16(5-8-19(18)31-23)15-26(17-6-7-17)21(27)20-14-24-9-12-30-20/h5,8,13,17,20,24H,4,6-7,9-12,14-15H2,1-3H3/t20-/m1/s1. The van der Waals surface area contributed by atoms with Gasteiger partial charge in [-0.3, -0.25) is 9.59 Å². The van der Waals surface area contributed by atoms with Gasteiger partial charge in [-0.25, -0.2) is 0 Å². The Hall–Kier alpha value is -2.16. The van der Waals surface area contributed by atoms with Crippen LogP contribution in [0, 0.1) is 0 Å². The van der Waals surface area contributed by atoms with Gasteiger partial charge in [-0.1, -0.05) is 6.07 Å². The number of nitrogens with zero attached hydrogens (tertiary/aromatic N) is 2. The molecule has 2 amide bonds. The summed E-state index contributed by atoms with van der Waals surface area (Å²) in [6, 6.07) is 6.15. The van der Waals surface area contributed by atoms with Crippen LogP contribution in [0.15, 0.2) is 18.2 Å². The first-order valence-electron chi connectivity index (χ1n) is 11.2. The monoisotopic (exact) mass is 431 g/mol. The third kappa shape index (κ3) is 4.86. The molecular formula is C23H33N3O5. The third-order valence-electron chi connectivity index (χ3n) is 6.00. The number of hydrogen-bond acceptors (Lipinski definition) is 6. The lowest BCUT2D eigenvalue weighted by atomic mass is 10.0. The fourth-order valence-electron chi connectivity index (χ4n) is 4.18. The molecule has 1 atom stereocenters. The lowest BCUT2D eigenvalue weighted by Gasteiger charge is -2.39. The van der Waals surface area contributed by atoms with Crippen LogP contribution in [0.1, 0.15) is 38.7 Å². The van der Waals surface area contributed by atoms with Crippen molar-refractivity contribution >= 4 is 17.5 Å². The number of ether oxygens (including phenoxy) is 3. The minimum atomic E-state index is -0.914. The molecular weight excluding hydrogens is 398 g/mol. The van der Waals surface area contributed by atoms with Gasteiger partial charge in [-0.05, 0) is 50.8 Å². The number of hydrogen-bond donors (Lipinski definition) is 1. The van der Waals surface area contributed by atoms with Crippen LogP contribution in [-0.4, -0.2) is 74.4 Å². The van der Waals surface area contributed by atoms with Gasteiger partial charge in [-0.2, -0.15) is 0 Å². The summed E-state index contributed by atoms with van der Waals surface area (Å²) in [4.78, 5) is 29.9. The zero-order chi connectivity index (χ0) is 22.0. The van der Waals surface area contributed by atoms with E-state index in [9.17, 15) is 9.59 Å². The third-order valence-corrected chi connectivity index (χ3v) is 6.00. The number of benzene rings is 1. The topological polar surface area (TPSA) is 80.3 Å². The van der Waals surface area contributed by atoms with Crippen LogP contribution >= 0.6 is 0 Å². The van der Waals surface area contributed by atoms with Crippen molar-refractivity contribution in [1.82, 2.24) is 10.2 Å². The van der Waals surface area contributed by atoms with Crippen molar-refractivity contribution in [3.8, 4) is 5.75 Å². The molecule has 31 heavy (non-hydrogen) atoms. The maximum atomic E-state index is 13.1. The summed E-state index contributed by atoms with van der Waals surface area (Å²) in [7, 11) is 1.66. The second-order valence-electron chi connectivity index (χ2n) is 8.98. The number of rotatable bonds is 8. The van der Waals surface area contributed by atoms with Crippen molar-refractivity contribution in [1.29, 1.82) is 0 Å². The molecule has 3 aliphatic rings. The number of anilines is 1. The first-order chi connectivity index (χ1) is 14.9. The fraction of sp³-hybridized carbons (Fsp3) is 0.652. The van der Waals surface area contributed by atoms with Gasteiger partial charge in [0.2, 0.25) is 0 Å². The lowest BCUT2D eigenvalue weighted by Crippen LogP contribution is -2.53.